The molecule has 106 valence electrons. The Hall–Kier alpha value is -2.41. The molecule has 3 aromatic rings. The first-order valence-electron chi connectivity index (χ1n) is 5.88. The summed E-state index contributed by atoms with van der Waals surface area (Å²) in [4.78, 5) is 15.1. The van der Waals surface area contributed by atoms with Crippen molar-refractivity contribution in [3.63, 3.8) is 0 Å². The van der Waals surface area contributed by atoms with Gasteiger partial charge in [0.05, 0.1) is 16.6 Å². The highest BCUT2D eigenvalue weighted by atomic mass is 32.1. The van der Waals surface area contributed by atoms with E-state index in [1.165, 1.54) is 6.07 Å². The molecule has 0 saturated heterocycles. The Kier molecular flexibility index (Phi) is 3.13. The SMILES string of the molecule is O=c1c2ccccc2[nH]c(=S)n1-c1ccc(F)c(F)c1F. The molecule has 3 nitrogen and oxygen atoms in total. The molecule has 0 radical (unpaired) electrons. The number of H-pyrrole nitrogens is 1. The van der Waals surface area contributed by atoms with E-state index in [1.807, 2.05) is 0 Å². The molecule has 0 aliphatic carbocycles. The number of hydrogen-bond acceptors (Lipinski definition) is 2. The predicted molar refractivity (Wildman–Crippen MR) is 74.6 cm³/mol. The van der Waals surface area contributed by atoms with E-state index < -0.39 is 28.7 Å². The van der Waals surface area contributed by atoms with Crippen molar-refractivity contribution in [3.8, 4) is 5.69 Å². The van der Waals surface area contributed by atoms with Crippen LogP contribution in [0.15, 0.2) is 41.2 Å². The maximum Gasteiger partial charge on any atom is 0.266 e. The molecule has 3 rings (SSSR count). The van der Waals surface area contributed by atoms with Crippen molar-refractivity contribution in [2.75, 3.05) is 0 Å². The van der Waals surface area contributed by atoms with Crippen LogP contribution in [0.25, 0.3) is 16.6 Å². The average Bonchev–Trinajstić information content (AvgIpc) is 2.47. The third-order valence-corrected chi connectivity index (χ3v) is 3.35. The fourth-order valence-corrected chi connectivity index (χ4v) is 2.36. The molecular formula is C14H7F3N2OS. The number of para-hydroxylation sites is 1. The molecule has 0 fully saturated rings. The minimum absolute atomic E-state index is 0.108. The molecular weight excluding hydrogens is 301 g/mol. The lowest BCUT2D eigenvalue weighted by Crippen LogP contribution is -2.22. The van der Waals surface area contributed by atoms with Gasteiger partial charge in [-0.15, -0.1) is 0 Å². The first-order valence-corrected chi connectivity index (χ1v) is 6.29. The minimum Gasteiger partial charge on any atom is -0.331 e. The second kappa shape index (κ2) is 4.85. The van der Waals surface area contributed by atoms with Gasteiger partial charge in [0.1, 0.15) is 0 Å². The molecule has 0 aliphatic heterocycles. The van der Waals surface area contributed by atoms with Gasteiger partial charge in [-0.2, -0.15) is 0 Å². The van der Waals surface area contributed by atoms with Gasteiger partial charge in [-0.05, 0) is 36.5 Å². The van der Waals surface area contributed by atoms with Crippen LogP contribution in [0.2, 0.25) is 0 Å². The number of rotatable bonds is 1. The van der Waals surface area contributed by atoms with Gasteiger partial charge in [0, 0.05) is 0 Å². The Morgan fingerprint density at radius 1 is 1.00 bits per heavy atom. The van der Waals surface area contributed by atoms with Crippen LogP contribution < -0.4 is 5.56 Å². The van der Waals surface area contributed by atoms with Gasteiger partial charge in [0.15, 0.2) is 22.2 Å². The lowest BCUT2D eigenvalue weighted by Gasteiger charge is -2.09. The topological polar surface area (TPSA) is 37.8 Å². The molecule has 0 bridgehead atoms. The van der Waals surface area contributed by atoms with E-state index in [9.17, 15) is 18.0 Å². The van der Waals surface area contributed by atoms with E-state index in [0.29, 0.717) is 5.52 Å². The molecule has 0 spiro atoms. The Bertz CT molecular complexity index is 978. The summed E-state index contributed by atoms with van der Waals surface area (Å²) in [5.74, 6) is -4.45. The molecule has 1 heterocycles. The Morgan fingerprint density at radius 2 is 1.71 bits per heavy atom. The van der Waals surface area contributed by atoms with Crippen molar-refractivity contribution >= 4 is 23.1 Å². The summed E-state index contributed by atoms with van der Waals surface area (Å²) in [7, 11) is 0. The van der Waals surface area contributed by atoms with Crippen LogP contribution in [0.1, 0.15) is 0 Å². The van der Waals surface area contributed by atoms with Crippen molar-refractivity contribution in [2.45, 2.75) is 0 Å². The van der Waals surface area contributed by atoms with E-state index in [-0.39, 0.29) is 10.2 Å². The lowest BCUT2D eigenvalue weighted by atomic mass is 10.2. The number of fused-ring (bicyclic) bond motifs is 1. The van der Waals surface area contributed by atoms with Crippen LogP contribution in [0.5, 0.6) is 0 Å². The number of aromatic amines is 1. The molecule has 7 heteroatoms. The van der Waals surface area contributed by atoms with E-state index >= 15 is 0 Å². The number of nitrogens with one attached hydrogen (secondary N) is 1. The third kappa shape index (κ3) is 2.06. The van der Waals surface area contributed by atoms with Crippen LogP contribution in [0.4, 0.5) is 13.2 Å². The smallest absolute Gasteiger partial charge is 0.266 e. The van der Waals surface area contributed by atoms with Crippen molar-refractivity contribution in [1.29, 1.82) is 0 Å². The van der Waals surface area contributed by atoms with Gasteiger partial charge in [-0.1, -0.05) is 12.1 Å². The molecule has 0 saturated carbocycles. The first kappa shape index (κ1) is 13.6. The summed E-state index contributed by atoms with van der Waals surface area (Å²) in [6.45, 7) is 0. The van der Waals surface area contributed by atoms with Crippen molar-refractivity contribution in [1.82, 2.24) is 9.55 Å². The number of nitrogens with zero attached hydrogens (tertiary/aromatic N) is 1. The zero-order valence-electron chi connectivity index (χ0n) is 10.4. The van der Waals surface area contributed by atoms with E-state index in [0.717, 1.165) is 16.7 Å². The van der Waals surface area contributed by atoms with Crippen LogP contribution in [-0.4, -0.2) is 9.55 Å². The largest absolute Gasteiger partial charge is 0.331 e. The standard InChI is InChI=1S/C14H7F3N2OS/c15-8-5-6-10(12(17)11(8)16)19-13(20)7-3-1-2-4-9(7)18-14(19)21/h1-6H,(H,18,21). The van der Waals surface area contributed by atoms with Gasteiger partial charge in [-0.25, -0.2) is 17.7 Å². The van der Waals surface area contributed by atoms with E-state index in [2.05, 4.69) is 4.98 Å². The zero-order valence-corrected chi connectivity index (χ0v) is 11.2. The van der Waals surface area contributed by atoms with Gasteiger partial charge >= 0.3 is 0 Å². The maximum atomic E-state index is 13.9. The molecule has 0 unspecified atom stereocenters. The number of aromatic nitrogens is 2. The summed E-state index contributed by atoms with van der Waals surface area (Å²) in [5, 5.41) is 0.259. The minimum atomic E-state index is -1.65. The van der Waals surface area contributed by atoms with Gasteiger partial charge < -0.3 is 4.98 Å². The molecule has 1 aromatic heterocycles. The van der Waals surface area contributed by atoms with Crippen molar-refractivity contribution < 1.29 is 13.2 Å². The zero-order chi connectivity index (χ0) is 15.1. The number of halogens is 3. The number of benzene rings is 2. The fraction of sp³-hybridized carbons (Fsp3) is 0. The van der Waals surface area contributed by atoms with Crippen LogP contribution in [0.3, 0.4) is 0 Å². The molecule has 0 atom stereocenters. The van der Waals surface area contributed by atoms with E-state index in [4.69, 9.17) is 12.2 Å². The van der Waals surface area contributed by atoms with Crippen molar-refractivity contribution in [3.05, 3.63) is 69.0 Å². The molecule has 0 amide bonds. The van der Waals surface area contributed by atoms with Crippen molar-refractivity contribution in [2.24, 2.45) is 0 Å². The van der Waals surface area contributed by atoms with E-state index in [1.54, 1.807) is 18.2 Å². The average molecular weight is 308 g/mol. The lowest BCUT2D eigenvalue weighted by molar-refractivity contribution is 0.444. The monoisotopic (exact) mass is 308 g/mol. The van der Waals surface area contributed by atoms with Gasteiger partial charge in [0.25, 0.3) is 5.56 Å². The molecule has 2 aromatic carbocycles. The second-order valence-corrected chi connectivity index (χ2v) is 4.70. The Labute approximate surface area is 121 Å². The van der Waals surface area contributed by atoms with Gasteiger partial charge in [-0.3, -0.25) is 4.79 Å². The quantitative estimate of drug-likeness (QED) is 0.552. The number of hydrogen-bond donors (Lipinski definition) is 1. The molecule has 1 N–H and O–H groups in total. The summed E-state index contributed by atoms with van der Waals surface area (Å²) >= 11 is 5.01. The highest BCUT2D eigenvalue weighted by Crippen LogP contribution is 2.19. The van der Waals surface area contributed by atoms with Crippen LogP contribution in [-0.2, 0) is 0 Å². The highest BCUT2D eigenvalue weighted by Gasteiger charge is 2.17. The normalized spacial score (nSPS) is 11.0. The fourth-order valence-electron chi connectivity index (χ4n) is 2.07. The predicted octanol–water partition coefficient (Wildman–Crippen LogP) is 3.47. The summed E-state index contributed by atoms with van der Waals surface area (Å²) in [5.41, 5.74) is -0.572. The second-order valence-electron chi connectivity index (χ2n) is 4.31. The Balaban J connectivity index is 2.44. The third-order valence-electron chi connectivity index (χ3n) is 3.06. The van der Waals surface area contributed by atoms with Crippen LogP contribution in [0, 0.1) is 22.2 Å². The highest BCUT2D eigenvalue weighted by molar-refractivity contribution is 7.71. The summed E-state index contributed by atoms with van der Waals surface area (Å²) in [6, 6.07) is 8.20. The van der Waals surface area contributed by atoms with Gasteiger partial charge in [0.2, 0.25) is 0 Å². The summed E-state index contributed by atoms with van der Waals surface area (Å²) in [6.07, 6.45) is 0. The first-order chi connectivity index (χ1) is 10.0. The van der Waals surface area contributed by atoms with Crippen LogP contribution >= 0.6 is 12.2 Å². The Morgan fingerprint density at radius 3 is 2.48 bits per heavy atom. The molecule has 0 aliphatic rings. The molecule has 21 heavy (non-hydrogen) atoms. The maximum absolute atomic E-state index is 13.9. The summed E-state index contributed by atoms with van der Waals surface area (Å²) < 4.78 is 40.9.